The molecule has 0 aliphatic rings. The van der Waals surface area contributed by atoms with Gasteiger partial charge in [-0.25, -0.2) is 4.79 Å². The average Bonchev–Trinajstić information content (AvgIpc) is 2.13. The minimum atomic E-state index is -0.907. The smallest absolute Gasteiger partial charge is 0.315 e. The fourth-order valence-corrected chi connectivity index (χ4v) is 1.65. The maximum Gasteiger partial charge on any atom is 0.315 e. The fraction of sp³-hybridized carbons (Fsp3) is 0.692. The summed E-state index contributed by atoms with van der Waals surface area (Å²) in [6.07, 6.45) is 2.96. The van der Waals surface area contributed by atoms with Gasteiger partial charge in [-0.1, -0.05) is 26.8 Å². The molecule has 0 spiro atoms. The summed E-state index contributed by atoms with van der Waals surface area (Å²) in [6.45, 7) is 10.1. The second kappa shape index (κ2) is 7.74. The minimum absolute atomic E-state index is 0.0332. The maximum atomic E-state index is 11.5. The number of carboxylic acids is 1. The molecule has 0 bridgehead atoms. The number of carboxylic acid groups (broad SMARTS) is 1. The van der Waals surface area contributed by atoms with E-state index in [9.17, 15) is 9.59 Å². The van der Waals surface area contributed by atoms with Gasteiger partial charge in [0.1, 0.15) is 0 Å². The van der Waals surface area contributed by atoms with Crippen LogP contribution in [-0.2, 0) is 4.79 Å². The van der Waals surface area contributed by atoms with Crippen LogP contribution >= 0.6 is 0 Å². The fourth-order valence-electron chi connectivity index (χ4n) is 1.65. The van der Waals surface area contributed by atoms with Crippen molar-refractivity contribution in [3.63, 3.8) is 0 Å². The van der Waals surface area contributed by atoms with E-state index in [0.29, 0.717) is 19.4 Å². The van der Waals surface area contributed by atoms with E-state index in [1.54, 1.807) is 6.08 Å². The number of amides is 2. The Hall–Kier alpha value is -1.52. The van der Waals surface area contributed by atoms with Gasteiger partial charge in [0.2, 0.25) is 0 Å². The van der Waals surface area contributed by atoms with Gasteiger partial charge in [-0.15, -0.1) is 6.58 Å². The van der Waals surface area contributed by atoms with E-state index in [2.05, 4.69) is 17.2 Å². The van der Waals surface area contributed by atoms with Crippen LogP contribution in [-0.4, -0.2) is 29.7 Å². The molecule has 0 aliphatic carbocycles. The second-order valence-corrected chi connectivity index (χ2v) is 5.54. The van der Waals surface area contributed by atoms with Crippen LogP contribution in [0.25, 0.3) is 0 Å². The molecule has 0 fully saturated rings. The zero-order valence-electron chi connectivity index (χ0n) is 11.5. The zero-order chi connectivity index (χ0) is 14.2. The number of hydrogen-bond acceptors (Lipinski definition) is 2. The standard InChI is InChI=1S/C13H24N2O3/c1-5-6-7-14-12(18)15-10(8-11(16)17)9-13(2,3)4/h5,10H,1,6-9H2,2-4H3,(H,16,17)(H2,14,15,18). The summed E-state index contributed by atoms with van der Waals surface area (Å²) in [5.41, 5.74) is -0.0332. The lowest BCUT2D eigenvalue weighted by atomic mass is 9.87. The Labute approximate surface area is 109 Å². The summed E-state index contributed by atoms with van der Waals surface area (Å²) < 4.78 is 0. The molecule has 1 atom stereocenters. The Kier molecular flexibility index (Phi) is 7.08. The van der Waals surface area contributed by atoms with E-state index < -0.39 is 5.97 Å². The van der Waals surface area contributed by atoms with Gasteiger partial charge in [-0.05, 0) is 18.3 Å². The van der Waals surface area contributed by atoms with E-state index in [4.69, 9.17) is 5.11 Å². The van der Waals surface area contributed by atoms with Crippen LogP contribution in [0.15, 0.2) is 12.7 Å². The molecular weight excluding hydrogens is 232 g/mol. The van der Waals surface area contributed by atoms with Crippen molar-refractivity contribution in [3.8, 4) is 0 Å². The molecule has 0 aromatic heterocycles. The number of urea groups is 1. The zero-order valence-corrected chi connectivity index (χ0v) is 11.5. The predicted octanol–water partition coefficient (Wildman–Crippen LogP) is 2.14. The van der Waals surface area contributed by atoms with Gasteiger partial charge in [-0.2, -0.15) is 0 Å². The van der Waals surface area contributed by atoms with Crippen LogP contribution in [0.5, 0.6) is 0 Å². The number of carbonyl (C=O) groups is 2. The number of aliphatic carboxylic acids is 1. The molecule has 0 saturated heterocycles. The lowest BCUT2D eigenvalue weighted by Gasteiger charge is -2.25. The van der Waals surface area contributed by atoms with E-state index in [0.717, 1.165) is 0 Å². The van der Waals surface area contributed by atoms with Gasteiger partial charge in [0.15, 0.2) is 0 Å². The molecule has 5 nitrogen and oxygen atoms in total. The van der Waals surface area contributed by atoms with E-state index in [-0.39, 0.29) is 23.9 Å². The van der Waals surface area contributed by atoms with Crippen molar-refractivity contribution in [2.24, 2.45) is 5.41 Å². The third-order valence-electron chi connectivity index (χ3n) is 2.25. The van der Waals surface area contributed by atoms with E-state index >= 15 is 0 Å². The van der Waals surface area contributed by atoms with Gasteiger partial charge in [0.25, 0.3) is 0 Å². The molecule has 5 heteroatoms. The Bertz CT molecular complexity index is 295. The van der Waals surface area contributed by atoms with E-state index in [1.165, 1.54) is 0 Å². The molecule has 104 valence electrons. The monoisotopic (exact) mass is 256 g/mol. The summed E-state index contributed by atoms with van der Waals surface area (Å²) in [7, 11) is 0. The number of hydrogen-bond donors (Lipinski definition) is 3. The third kappa shape index (κ3) is 9.69. The molecule has 0 heterocycles. The van der Waals surface area contributed by atoms with Gasteiger partial charge in [-0.3, -0.25) is 4.79 Å². The van der Waals surface area contributed by atoms with Gasteiger partial charge in [0.05, 0.1) is 6.42 Å². The summed E-state index contributed by atoms with van der Waals surface area (Å²) in [4.78, 5) is 22.3. The lowest BCUT2D eigenvalue weighted by Crippen LogP contribution is -2.44. The highest BCUT2D eigenvalue weighted by Gasteiger charge is 2.22. The molecule has 0 aliphatic heterocycles. The first kappa shape index (κ1) is 16.5. The number of nitrogens with one attached hydrogen (secondary N) is 2. The highest BCUT2D eigenvalue weighted by atomic mass is 16.4. The Morgan fingerprint density at radius 3 is 2.44 bits per heavy atom. The Morgan fingerprint density at radius 1 is 1.39 bits per heavy atom. The first-order valence-electron chi connectivity index (χ1n) is 6.11. The van der Waals surface area contributed by atoms with Crippen molar-refractivity contribution in [2.45, 2.75) is 46.1 Å². The SMILES string of the molecule is C=CCCNC(=O)NC(CC(=O)O)CC(C)(C)C. The van der Waals surface area contributed by atoms with Crippen molar-refractivity contribution >= 4 is 12.0 Å². The van der Waals surface area contributed by atoms with Crippen LogP contribution in [0.4, 0.5) is 4.79 Å². The summed E-state index contributed by atoms with van der Waals surface area (Å²) >= 11 is 0. The van der Waals surface area contributed by atoms with Crippen molar-refractivity contribution < 1.29 is 14.7 Å². The number of carbonyl (C=O) groups excluding carboxylic acids is 1. The van der Waals surface area contributed by atoms with Crippen molar-refractivity contribution in [1.29, 1.82) is 0 Å². The summed E-state index contributed by atoms with van der Waals surface area (Å²) in [5, 5.41) is 14.2. The minimum Gasteiger partial charge on any atom is -0.481 e. The molecular formula is C13H24N2O3. The van der Waals surface area contributed by atoms with Crippen molar-refractivity contribution in [2.75, 3.05) is 6.54 Å². The van der Waals surface area contributed by atoms with E-state index in [1.807, 2.05) is 20.8 Å². The summed E-state index contributed by atoms with van der Waals surface area (Å²) in [5.74, 6) is -0.907. The van der Waals surface area contributed by atoms with Crippen LogP contribution in [0.1, 0.15) is 40.0 Å². The van der Waals surface area contributed by atoms with Gasteiger partial charge in [0, 0.05) is 12.6 Å². The Morgan fingerprint density at radius 2 is 2.00 bits per heavy atom. The molecule has 2 amide bonds. The Balaban J connectivity index is 4.26. The van der Waals surface area contributed by atoms with Gasteiger partial charge >= 0.3 is 12.0 Å². The molecule has 0 aromatic rings. The normalized spacial score (nSPS) is 12.6. The molecule has 0 aromatic carbocycles. The highest BCUT2D eigenvalue weighted by molar-refractivity contribution is 5.75. The number of rotatable bonds is 7. The van der Waals surface area contributed by atoms with Crippen LogP contribution in [0.3, 0.4) is 0 Å². The third-order valence-corrected chi connectivity index (χ3v) is 2.25. The van der Waals surface area contributed by atoms with Gasteiger partial charge < -0.3 is 15.7 Å². The highest BCUT2D eigenvalue weighted by Crippen LogP contribution is 2.22. The maximum absolute atomic E-state index is 11.5. The molecule has 0 rings (SSSR count). The first-order valence-corrected chi connectivity index (χ1v) is 6.11. The largest absolute Gasteiger partial charge is 0.481 e. The van der Waals surface area contributed by atoms with Crippen molar-refractivity contribution in [3.05, 3.63) is 12.7 Å². The van der Waals surface area contributed by atoms with Crippen molar-refractivity contribution in [1.82, 2.24) is 10.6 Å². The molecule has 3 N–H and O–H groups in total. The van der Waals surface area contributed by atoms with Crippen LogP contribution < -0.4 is 10.6 Å². The summed E-state index contributed by atoms with van der Waals surface area (Å²) in [6, 6.07) is -0.682. The van der Waals surface area contributed by atoms with Crippen LogP contribution in [0, 0.1) is 5.41 Å². The molecule has 18 heavy (non-hydrogen) atoms. The quantitative estimate of drug-likeness (QED) is 0.482. The average molecular weight is 256 g/mol. The van der Waals surface area contributed by atoms with Crippen LogP contribution in [0.2, 0.25) is 0 Å². The topological polar surface area (TPSA) is 78.4 Å². The molecule has 0 radical (unpaired) electrons. The lowest BCUT2D eigenvalue weighted by molar-refractivity contribution is -0.137. The predicted molar refractivity (Wildman–Crippen MR) is 71.5 cm³/mol. The molecule has 1 unspecified atom stereocenters. The molecule has 0 saturated carbocycles. The second-order valence-electron chi connectivity index (χ2n) is 5.54. The first-order chi connectivity index (χ1) is 8.24.